The second kappa shape index (κ2) is 4.30. The lowest BCUT2D eigenvalue weighted by molar-refractivity contribution is 0.366. The maximum absolute atomic E-state index is 12.4. The van der Waals surface area contributed by atoms with Gasteiger partial charge in [0.1, 0.15) is 0 Å². The summed E-state index contributed by atoms with van der Waals surface area (Å²) in [6.07, 6.45) is 6.21. The van der Waals surface area contributed by atoms with E-state index in [2.05, 4.69) is 13.0 Å². The zero-order valence-electron chi connectivity index (χ0n) is 10.1. The average molecular weight is 247 g/mol. The van der Waals surface area contributed by atoms with Gasteiger partial charge in [-0.15, -0.1) is 0 Å². The molecule has 0 radical (unpaired) electrons. The van der Waals surface area contributed by atoms with Gasteiger partial charge in [-0.1, -0.05) is 42.9 Å². The first-order valence-corrected chi connectivity index (χ1v) is 7.16. The molecule has 2 nitrogen and oxygen atoms in total. The molecule has 0 spiro atoms. The molecule has 0 bridgehead atoms. The molecular weight excluding hydrogens is 230 g/mol. The van der Waals surface area contributed by atoms with Crippen LogP contribution >= 0.6 is 11.5 Å². The smallest absolute Gasteiger partial charge is 0.268 e. The van der Waals surface area contributed by atoms with Crippen LogP contribution in [-0.4, -0.2) is 3.96 Å². The molecule has 2 aromatic rings. The molecule has 17 heavy (non-hydrogen) atoms. The molecule has 0 aliphatic heterocycles. The van der Waals surface area contributed by atoms with Crippen molar-refractivity contribution in [2.45, 2.75) is 45.1 Å². The molecule has 1 aliphatic rings. The molecule has 1 aromatic carbocycles. The van der Waals surface area contributed by atoms with Crippen LogP contribution in [0.1, 0.15) is 43.7 Å². The third kappa shape index (κ3) is 1.82. The molecular formula is C14H17NOS. The van der Waals surface area contributed by atoms with Crippen molar-refractivity contribution in [1.29, 1.82) is 0 Å². The Labute approximate surface area is 105 Å². The van der Waals surface area contributed by atoms with E-state index in [0.29, 0.717) is 6.04 Å². The first-order chi connectivity index (χ1) is 8.27. The zero-order valence-corrected chi connectivity index (χ0v) is 10.9. The Morgan fingerprint density at radius 2 is 2.00 bits per heavy atom. The molecule has 0 atom stereocenters. The third-order valence-electron chi connectivity index (χ3n) is 3.74. The van der Waals surface area contributed by atoms with Crippen LogP contribution in [0.4, 0.5) is 0 Å². The number of aromatic nitrogens is 1. The third-order valence-corrected chi connectivity index (χ3v) is 5.12. The predicted octanol–water partition coefficient (Wildman–Crippen LogP) is 3.88. The van der Waals surface area contributed by atoms with Crippen molar-refractivity contribution in [1.82, 2.24) is 3.96 Å². The van der Waals surface area contributed by atoms with Crippen LogP contribution < -0.4 is 5.56 Å². The normalized spacial score (nSPS) is 17.7. The van der Waals surface area contributed by atoms with Gasteiger partial charge in [-0.2, -0.15) is 0 Å². The number of fused-ring (bicyclic) bond motifs is 1. The quantitative estimate of drug-likeness (QED) is 0.749. The molecule has 1 aromatic heterocycles. The Morgan fingerprint density at radius 1 is 1.24 bits per heavy atom. The molecule has 3 heteroatoms. The summed E-state index contributed by atoms with van der Waals surface area (Å²) in [5, 5.41) is 0.903. The molecule has 0 unspecified atom stereocenters. The van der Waals surface area contributed by atoms with Gasteiger partial charge in [0.2, 0.25) is 0 Å². The van der Waals surface area contributed by atoms with E-state index in [4.69, 9.17) is 0 Å². The highest BCUT2D eigenvalue weighted by Gasteiger charge is 2.19. The molecule has 3 rings (SSSR count). The number of benzene rings is 1. The van der Waals surface area contributed by atoms with Crippen LogP contribution in [-0.2, 0) is 0 Å². The van der Waals surface area contributed by atoms with Crippen molar-refractivity contribution < 1.29 is 0 Å². The fourth-order valence-corrected chi connectivity index (χ4v) is 3.96. The lowest BCUT2D eigenvalue weighted by Gasteiger charge is -2.21. The van der Waals surface area contributed by atoms with Gasteiger partial charge in [-0.05, 0) is 31.4 Å². The number of hydrogen-bond donors (Lipinski definition) is 0. The second-order valence-corrected chi connectivity index (χ2v) is 5.95. The van der Waals surface area contributed by atoms with Gasteiger partial charge in [0, 0.05) is 6.04 Å². The summed E-state index contributed by atoms with van der Waals surface area (Å²) in [5.41, 5.74) is 1.44. The van der Waals surface area contributed by atoms with Crippen molar-refractivity contribution in [2.75, 3.05) is 0 Å². The summed E-state index contributed by atoms with van der Waals surface area (Å²) >= 11 is 1.66. The van der Waals surface area contributed by atoms with Crippen molar-refractivity contribution in [3.05, 3.63) is 34.1 Å². The minimum atomic E-state index is 0.223. The summed E-state index contributed by atoms with van der Waals surface area (Å²) in [5.74, 6) is 0. The zero-order chi connectivity index (χ0) is 11.8. The van der Waals surface area contributed by atoms with Gasteiger partial charge in [0.05, 0.1) is 10.1 Å². The Morgan fingerprint density at radius 3 is 2.71 bits per heavy atom. The molecule has 0 amide bonds. The Hall–Kier alpha value is -1.09. The van der Waals surface area contributed by atoms with E-state index in [9.17, 15) is 4.79 Å². The number of rotatable bonds is 1. The molecule has 0 saturated heterocycles. The van der Waals surface area contributed by atoms with Crippen LogP contribution in [0.2, 0.25) is 0 Å². The largest absolute Gasteiger partial charge is 0.268 e. The minimum absolute atomic E-state index is 0.223. The lowest BCUT2D eigenvalue weighted by Crippen LogP contribution is -2.21. The van der Waals surface area contributed by atoms with Crippen molar-refractivity contribution >= 4 is 21.6 Å². The van der Waals surface area contributed by atoms with E-state index >= 15 is 0 Å². The van der Waals surface area contributed by atoms with Crippen LogP contribution in [0.5, 0.6) is 0 Å². The van der Waals surface area contributed by atoms with E-state index in [0.717, 1.165) is 5.39 Å². The Balaban J connectivity index is 2.14. The summed E-state index contributed by atoms with van der Waals surface area (Å²) in [4.78, 5) is 12.4. The van der Waals surface area contributed by atoms with E-state index in [1.165, 1.54) is 42.4 Å². The topological polar surface area (TPSA) is 22.0 Å². The van der Waals surface area contributed by atoms with Crippen LogP contribution in [0.3, 0.4) is 0 Å². The van der Waals surface area contributed by atoms with E-state index in [1.54, 1.807) is 11.5 Å². The molecule has 90 valence electrons. The Kier molecular flexibility index (Phi) is 2.79. The van der Waals surface area contributed by atoms with Gasteiger partial charge in [-0.3, -0.25) is 8.75 Å². The summed E-state index contributed by atoms with van der Waals surface area (Å²) in [6.45, 7) is 2.09. The summed E-state index contributed by atoms with van der Waals surface area (Å²) < 4.78 is 3.19. The predicted molar refractivity (Wildman–Crippen MR) is 72.9 cm³/mol. The molecule has 1 fully saturated rings. The summed E-state index contributed by atoms with van der Waals surface area (Å²) in [7, 11) is 0. The van der Waals surface area contributed by atoms with Gasteiger partial charge in [0.25, 0.3) is 5.56 Å². The monoisotopic (exact) mass is 247 g/mol. The van der Waals surface area contributed by atoms with Crippen LogP contribution in [0.25, 0.3) is 10.1 Å². The van der Waals surface area contributed by atoms with E-state index < -0.39 is 0 Å². The standard InChI is InChI=1S/C14H17NOS/c1-10-6-5-9-12-13(10)17-15(14(12)16)11-7-3-2-4-8-11/h5-6,9,11H,2-4,7-8H2,1H3. The first kappa shape index (κ1) is 11.0. The number of hydrogen-bond acceptors (Lipinski definition) is 2. The van der Waals surface area contributed by atoms with Crippen molar-refractivity contribution in [3.8, 4) is 0 Å². The van der Waals surface area contributed by atoms with Gasteiger partial charge in [0.15, 0.2) is 0 Å². The highest BCUT2D eigenvalue weighted by atomic mass is 32.1. The minimum Gasteiger partial charge on any atom is -0.268 e. The van der Waals surface area contributed by atoms with E-state index in [-0.39, 0.29) is 5.56 Å². The van der Waals surface area contributed by atoms with Gasteiger partial charge >= 0.3 is 0 Å². The molecule has 1 heterocycles. The number of aryl methyl sites for hydroxylation is 1. The molecule has 1 aliphatic carbocycles. The fraction of sp³-hybridized carbons (Fsp3) is 0.500. The maximum atomic E-state index is 12.4. The highest BCUT2D eigenvalue weighted by molar-refractivity contribution is 7.14. The van der Waals surface area contributed by atoms with Gasteiger partial charge < -0.3 is 0 Å². The average Bonchev–Trinajstić information content (AvgIpc) is 2.70. The van der Waals surface area contributed by atoms with Crippen LogP contribution in [0, 0.1) is 6.92 Å². The highest BCUT2D eigenvalue weighted by Crippen LogP contribution is 2.31. The Bertz CT molecular complexity index is 590. The van der Waals surface area contributed by atoms with Crippen molar-refractivity contribution in [2.24, 2.45) is 0 Å². The van der Waals surface area contributed by atoms with Gasteiger partial charge in [-0.25, -0.2) is 0 Å². The first-order valence-electron chi connectivity index (χ1n) is 6.38. The summed E-state index contributed by atoms with van der Waals surface area (Å²) in [6, 6.07) is 6.48. The molecule has 0 N–H and O–H groups in total. The molecule has 1 saturated carbocycles. The van der Waals surface area contributed by atoms with Crippen molar-refractivity contribution in [3.63, 3.8) is 0 Å². The second-order valence-electron chi connectivity index (χ2n) is 4.97. The SMILES string of the molecule is Cc1cccc2c(=O)n(C3CCCCC3)sc12. The van der Waals surface area contributed by atoms with E-state index in [1.807, 2.05) is 16.1 Å². The number of nitrogens with zero attached hydrogens (tertiary/aromatic N) is 1. The lowest BCUT2D eigenvalue weighted by atomic mass is 9.96. The maximum Gasteiger partial charge on any atom is 0.268 e. The van der Waals surface area contributed by atoms with Crippen LogP contribution in [0.15, 0.2) is 23.0 Å². The fourth-order valence-electron chi connectivity index (χ4n) is 2.76.